The minimum Gasteiger partial charge on any atom is -0.481 e. The van der Waals surface area contributed by atoms with Crippen molar-refractivity contribution in [2.24, 2.45) is 0 Å². The van der Waals surface area contributed by atoms with Gasteiger partial charge in [-0.2, -0.15) is 0 Å². The number of anilines is 1. The fourth-order valence-corrected chi connectivity index (χ4v) is 2.58. The highest BCUT2D eigenvalue weighted by molar-refractivity contribution is 5.88. The second kappa shape index (κ2) is 8.07. The molecule has 0 spiro atoms. The molecule has 0 saturated carbocycles. The Balaban J connectivity index is 1.80. The van der Waals surface area contributed by atoms with Crippen molar-refractivity contribution in [2.75, 3.05) is 45.7 Å². The quantitative estimate of drug-likeness (QED) is 0.873. The van der Waals surface area contributed by atoms with Crippen molar-refractivity contribution in [3.8, 4) is 5.88 Å². The molecule has 2 heterocycles. The zero-order valence-electron chi connectivity index (χ0n) is 14.2. The van der Waals surface area contributed by atoms with E-state index in [2.05, 4.69) is 34.0 Å². The SMILES string of the molecule is COc1cc(NC(=O)N(C)CCN2C[C@@H](C)O[C@@H](C)C2)ncn1. The first kappa shape index (κ1) is 17.4. The van der Waals surface area contributed by atoms with Gasteiger partial charge < -0.3 is 14.4 Å². The Kier molecular flexibility index (Phi) is 6.12. The molecule has 2 atom stereocenters. The molecule has 1 fully saturated rings. The molecule has 23 heavy (non-hydrogen) atoms. The van der Waals surface area contributed by atoms with E-state index in [9.17, 15) is 4.79 Å². The van der Waals surface area contributed by atoms with Gasteiger partial charge in [-0.05, 0) is 13.8 Å². The number of carbonyl (C=O) groups excluding carboxylic acids is 1. The highest BCUT2D eigenvalue weighted by atomic mass is 16.5. The number of carbonyl (C=O) groups is 1. The first-order valence-electron chi connectivity index (χ1n) is 7.74. The van der Waals surface area contributed by atoms with Crippen molar-refractivity contribution in [3.63, 3.8) is 0 Å². The van der Waals surface area contributed by atoms with E-state index in [1.165, 1.54) is 13.4 Å². The van der Waals surface area contributed by atoms with Crippen molar-refractivity contribution in [1.29, 1.82) is 0 Å². The molecule has 1 aliphatic heterocycles. The Morgan fingerprint density at radius 2 is 2.13 bits per heavy atom. The van der Waals surface area contributed by atoms with Crippen LogP contribution in [-0.2, 0) is 4.74 Å². The lowest BCUT2D eigenvalue weighted by Gasteiger charge is -2.36. The average Bonchev–Trinajstić information content (AvgIpc) is 2.51. The Bertz CT molecular complexity index is 518. The Labute approximate surface area is 136 Å². The van der Waals surface area contributed by atoms with Gasteiger partial charge in [-0.15, -0.1) is 0 Å². The molecule has 8 nitrogen and oxygen atoms in total. The summed E-state index contributed by atoms with van der Waals surface area (Å²) < 4.78 is 10.7. The number of nitrogens with one attached hydrogen (secondary N) is 1. The number of methoxy groups -OCH3 is 1. The molecule has 0 aromatic carbocycles. The molecule has 128 valence electrons. The molecule has 2 amide bonds. The number of hydrogen-bond acceptors (Lipinski definition) is 6. The summed E-state index contributed by atoms with van der Waals surface area (Å²) in [7, 11) is 3.28. The van der Waals surface area contributed by atoms with Gasteiger partial charge in [0.2, 0.25) is 5.88 Å². The average molecular weight is 323 g/mol. The third kappa shape index (κ3) is 5.33. The monoisotopic (exact) mass is 323 g/mol. The van der Waals surface area contributed by atoms with Gasteiger partial charge in [-0.25, -0.2) is 14.8 Å². The van der Waals surface area contributed by atoms with Crippen molar-refractivity contribution in [1.82, 2.24) is 19.8 Å². The summed E-state index contributed by atoms with van der Waals surface area (Å²) in [6.45, 7) is 7.37. The normalized spacial score (nSPS) is 21.7. The predicted octanol–water partition coefficient (Wildman–Crippen LogP) is 1.06. The highest BCUT2D eigenvalue weighted by Gasteiger charge is 2.22. The second-order valence-corrected chi connectivity index (χ2v) is 5.81. The molecule has 0 unspecified atom stereocenters. The summed E-state index contributed by atoms with van der Waals surface area (Å²) in [5, 5.41) is 2.73. The molecule has 8 heteroatoms. The summed E-state index contributed by atoms with van der Waals surface area (Å²) in [5.74, 6) is 0.830. The minimum atomic E-state index is -0.208. The predicted molar refractivity (Wildman–Crippen MR) is 86.7 cm³/mol. The Hall–Kier alpha value is -1.93. The fraction of sp³-hybridized carbons (Fsp3) is 0.667. The van der Waals surface area contributed by atoms with Gasteiger partial charge in [-0.1, -0.05) is 0 Å². The maximum atomic E-state index is 12.2. The van der Waals surface area contributed by atoms with Crippen LogP contribution in [0.25, 0.3) is 0 Å². The summed E-state index contributed by atoms with van der Waals surface area (Å²) in [4.78, 5) is 24.0. The van der Waals surface area contributed by atoms with Crippen LogP contribution in [0.5, 0.6) is 5.88 Å². The van der Waals surface area contributed by atoms with Gasteiger partial charge in [0.25, 0.3) is 0 Å². The molecular weight excluding hydrogens is 298 g/mol. The summed E-state index contributed by atoms with van der Waals surface area (Å²) in [6, 6.07) is 1.37. The van der Waals surface area contributed by atoms with E-state index in [4.69, 9.17) is 9.47 Å². The second-order valence-electron chi connectivity index (χ2n) is 5.81. The number of likely N-dealkylation sites (N-methyl/N-ethyl adjacent to an activating group) is 1. The first-order chi connectivity index (χ1) is 11.0. The number of ether oxygens (including phenoxy) is 2. The fourth-order valence-electron chi connectivity index (χ4n) is 2.58. The summed E-state index contributed by atoms with van der Waals surface area (Å²) >= 11 is 0. The van der Waals surface area contributed by atoms with Gasteiger partial charge in [0.15, 0.2) is 0 Å². The molecular formula is C15H25N5O3. The first-order valence-corrected chi connectivity index (χ1v) is 7.74. The van der Waals surface area contributed by atoms with Crippen LogP contribution in [0.3, 0.4) is 0 Å². The minimum absolute atomic E-state index is 0.208. The van der Waals surface area contributed by atoms with Crippen LogP contribution in [-0.4, -0.2) is 78.3 Å². The largest absolute Gasteiger partial charge is 0.481 e. The Morgan fingerprint density at radius 3 is 2.78 bits per heavy atom. The number of nitrogens with zero attached hydrogens (tertiary/aromatic N) is 4. The van der Waals surface area contributed by atoms with E-state index in [0.717, 1.165) is 19.6 Å². The van der Waals surface area contributed by atoms with Gasteiger partial charge in [0, 0.05) is 39.3 Å². The molecule has 2 rings (SSSR count). The van der Waals surface area contributed by atoms with Crippen molar-refractivity contribution in [2.45, 2.75) is 26.1 Å². The molecule has 0 aliphatic carbocycles. The van der Waals surface area contributed by atoms with Crippen molar-refractivity contribution < 1.29 is 14.3 Å². The maximum Gasteiger partial charge on any atom is 0.322 e. The number of rotatable bonds is 5. The summed E-state index contributed by atoms with van der Waals surface area (Å²) in [5.41, 5.74) is 0. The number of aromatic nitrogens is 2. The molecule has 0 bridgehead atoms. The van der Waals surface area contributed by atoms with Gasteiger partial charge >= 0.3 is 6.03 Å². The molecule has 0 radical (unpaired) electrons. The molecule has 1 aromatic heterocycles. The number of morpholine rings is 1. The van der Waals surface area contributed by atoms with Gasteiger partial charge in [-0.3, -0.25) is 10.2 Å². The molecule has 1 aromatic rings. The maximum absolute atomic E-state index is 12.2. The highest BCUT2D eigenvalue weighted by Crippen LogP contribution is 2.12. The van der Waals surface area contributed by atoms with E-state index in [1.54, 1.807) is 18.0 Å². The molecule has 1 N–H and O–H groups in total. The zero-order valence-corrected chi connectivity index (χ0v) is 14.2. The third-order valence-corrected chi connectivity index (χ3v) is 3.68. The van der Waals surface area contributed by atoms with Gasteiger partial charge in [0.1, 0.15) is 12.1 Å². The lowest BCUT2D eigenvalue weighted by Crippen LogP contribution is -2.48. The Morgan fingerprint density at radius 1 is 1.43 bits per heavy atom. The third-order valence-electron chi connectivity index (χ3n) is 3.68. The lowest BCUT2D eigenvalue weighted by molar-refractivity contribution is -0.0684. The van der Waals surface area contributed by atoms with E-state index in [-0.39, 0.29) is 18.2 Å². The van der Waals surface area contributed by atoms with E-state index >= 15 is 0 Å². The van der Waals surface area contributed by atoms with Crippen LogP contribution in [0.2, 0.25) is 0 Å². The lowest BCUT2D eigenvalue weighted by atomic mass is 10.2. The molecule has 1 aliphatic rings. The van der Waals surface area contributed by atoms with Crippen LogP contribution >= 0.6 is 0 Å². The number of hydrogen-bond donors (Lipinski definition) is 1. The van der Waals surface area contributed by atoms with Crippen LogP contribution in [0.15, 0.2) is 12.4 Å². The van der Waals surface area contributed by atoms with Crippen LogP contribution in [0.4, 0.5) is 10.6 Å². The zero-order chi connectivity index (χ0) is 16.8. The topological polar surface area (TPSA) is 79.8 Å². The smallest absolute Gasteiger partial charge is 0.322 e. The summed E-state index contributed by atoms with van der Waals surface area (Å²) in [6.07, 6.45) is 1.81. The van der Waals surface area contributed by atoms with Gasteiger partial charge in [0.05, 0.1) is 19.3 Å². The number of urea groups is 1. The number of amides is 2. The van der Waals surface area contributed by atoms with E-state index < -0.39 is 0 Å². The standard InChI is InChI=1S/C15H25N5O3/c1-11-8-20(9-12(2)23-11)6-5-19(3)15(21)18-13-7-14(22-4)17-10-16-13/h7,10-12H,5-6,8-9H2,1-4H3,(H,16,17,18,21)/t11-,12+. The van der Waals surface area contributed by atoms with E-state index in [0.29, 0.717) is 18.2 Å². The van der Waals surface area contributed by atoms with Crippen LogP contribution < -0.4 is 10.1 Å². The van der Waals surface area contributed by atoms with E-state index in [1.807, 2.05) is 0 Å². The van der Waals surface area contributed by atoms with Crippen LogP contribution in [0.1, 0.15) is 13.8 Å². The van der Waals surface area contributed by atoms with Crippen molar-refractivity contribution in [3.05, 3.63) is 12.4 Å². The van der Waals surface area contributed by atoms with Crippen LogP contribution in [0, 0.1) is 0 Å². The van der Waals surface area contributed by atoms with Crippen molar-refractivity contribution >= 4 is 11.8 Å². The molecule has 1 saturated heterocycles.